The number of benzene rings is 1. The maximum absolute atomic E-state index is 12.0. The third-order valence-corrected chi connectivity index (χ3v) is 5.53. The maximum atomic E-state index is 12.0. The number of rotatable bonds is 6. The van der Waals surface area contributed by atoms with E-state index in [1.807, 2.05) is 23.2 Å². The monoisotopic (exact) mass is 385 g/mol. The van der Waals surface area contributed by atoms with E-state index in [1.54, 1.807) is 18.4 Å². The van der Waals surface area contributed by atoms with Gasteiger partial charge < -0.3 is 15.5 Å². The summed E-state index contributed by atoms with van der Waals surface area (Å²) >= 11 is 1.73. The Kier molecular flexibility index (Phi) is 6.81. The summed E-state index contributed by atoms with van der Waals surface area (Å²) in [6.07, 6.45) is 5.54. The van der Waals surface area contributed by atoms with Crippen molar-refractivity contribution in [2.45, 2.75) is 39.2 Å². The summed E-state index contributed by atoms with van der Waals surface area (Å²) in [6.45, 7) is 4.38. The quantitative estimate of drug-likeness (QED) is 0.593. The van der Waals surface area contributed by atoms with Crippen molar-refractivity contribution in [3.8, 4) is 0 Å². The molecule has 1 aliphatic heterocycles. The molecule has 1 fully saturated rings. The summed E-state index contributed by atoms with van der Waals surface area (Å²) < 4.78 is 0. The number of carbonyl (C=O) groups excluding carboxylic acids is 1. The van der Waals surface area contributed by atoms with Crippen molar-refractivity contribution >= 4 is 28.9 Å². The molecule has 1 aliphatic rings. The second-order valence-corrected chi connectivity index (χ2v) is 7.96. The van der Waals surface area contributed by atoms with Crippen LogP contribution in [0.4, 0.5) is 5.69 Å². The standard InChI is InChI=1S/C20H27N5OS/c1-15-13-23-18(27-15)10-11-22-20(21-2)24-14-16-6-8-17(9-7-16)25-12-4-3-5-19(25)26/h6-9,13H,3-5,10-12,14H2,1-2H3,(H2,21,22,24). The Bertz CT molecular complexity index is 784. The number of nitrogens with zero attached hydrogens (tertiary/aromatic N) is 3. The van der Waals surface area contributed by atoms with Crippen LogP contribution in [0.3, 0.4) is 0 Å². The van der Waals surface area contributed by atoms with Gasteiger partial charge in [0.25, 0.3) is 0 Å². The number of piperidine rings is 1. The largest absolute Gasteiger partial charge is 0.356 e. The molecule has 1 aromatic carbocycles. The Morgan fingerprint density at radius 1 is 1.26 bits per heavy atom. The van der Waals surface area contributed by atoms with Crippen LogP contribution < -0.4 is 15.5 Å². The minimum atomic E-state index is 0.229. The molecule has 27 heavy (non-hydrogen) atoms. The molecule has 1 saturated heterocycles. The van der Waals surface area contributed by atoms with E-state index in [0.29, 0.717) is 13.0 Å². The lowest BCUT2D eigenvalue weighted by Gasteiger charge is -2.26. The zero-order chi connectivity index (χ0) is 19.1. The topological polar surface area (TPSA) is 69.6 Å². The van der Waals surface area contributed by atoms with Crippen LogP contribution in [0.2, 0.25) is 0 Å². The number of amides is 1. The van der Waals surface area contributed by atoms with Gasteiger partial charge >= 0.3 is 0 Å². The number of guanidine groups is 1. The maximum Gasteiger partial charge on any atom is 0.226 e. The van der Waals surface area contributed by atoms with Crippen molar-refractivity contribution in [2.24, 2.45) is 4.99 Å². The first-order valence-corrected chi connectivity index (χ1v) is 10.2. The predicted octanol–water partition coefficient (Wildman–Crippen LogP) is 2.88. The number of hydrogen-bond acceptors (Lipinski definition) is 4. The molecule has 2 N–H and O–H groups in total. The summed E-state index contributed by atoms with van der Waals surface area (Å²) in [5.41, 5.74) is 2.14. The van der Waals surface area contributed by atoms with E-state index >= 15 is 0 Å². The Morgan fingerprint density at radius 3 is 2.74 bits per heavy atom. The minimum Gasteiger partial charge on any atom is -0.356 e. The molecule has 7 heteroatoms. The predicted molar refractivity (Wildman–Crippen MR) is 111 cm³/mol. The van der Waals surface area contributed by atoms with Crippen LogP contribution in [0.25, 0.3) is 0 Å². The number of hydrogen-bond donors (Lipinski definition) is 2. The van der Waals surface area contributed by atoms with E-state index in [9.17, 15) is 4.79 Å². The van der Waals surface area contributed by atoms with Crippen LogP contribution in [0.1, 0.15) is 34.7 Å². The third-order valence-electron chi connectivity index (χ3n) is 4.56. The molecule has 3 rings (SSSR count). The Balaban J connectivity index is 1.45. The summed E-state index contributed by atoms with van der Waals surface area (Å²) in [7, 11) is 1.77. The molecule has 0 saturated carbocycles. The number of aryl methyl sites for hydroxylation is 1. The molecule has 0 aliphatic carbocycles. The molecule has 0 bridgehead atoms. The number of nitrogens with one attached hydrogen (secondary N) is 2. The molecule has 1 aromatic heterocycles. The van der Waals surface area contributed by atoms with Gasteiger partial charge in [0.15, 0.2) is 5.96 Å². The molecule has 0 radical (unpaired) electrons. The second-order valence-electron chi connectivity index (χ2n) is 6.64. The fourth-order valence-corrected chi connectivity index (χ4v) is 3.87. The Hall–Kier alpha value is -2.41. The van der Waals surface area contributed by atoms with Gasteiger partial charge in [0.1, 0.15) is 0 Å². The van der Waals surface area contributed by atoms with Gasteiger partial charge in [0, 0.05) is 56.3 Å². The fraction of sp³-hybridized carbons (Fsp3) is 0.450. The normalized spacial score (nSPS) is 15.1. The van der Waals surface area contributed by atoms with Gasteiger partial charge in [-0.25, -0.2) is 4.98 Å². The van der Waals surface area contributed by atoms with Gasteiger partial charge in [0.05, 0.1) is 5.01 Å². The lowest BCUT2D eigenvalue weighted by Crippen LogP contribution is -2.38. The summed E-state index contributed by atoms with van der Waals surface area (Å²) in [5, 5.41) is 7.78. The molecule has 6 nitrogen and oxygen atoms in total. The number of aliphatic imine (C=N–C) groups is 1. The lowest BCUT2D eigenvalue weighted by molar-refractivity contribution is -0.119. The summed E-state index contributed by atoms with van der Waals surface area (Å²) in [6, 6.07) is 8.19. The summed E-state index contributed by atoms with van der Waals surface area (Å²) in [4.78, 5) is 23.8. The zero-order valence-corrected chi connectivity index (χ0v) is 16.8. The molecular weight excluding hydrogens is 358 g/mol. The molecule has 0 spiro atoms. The van der Waals surface area contributed by atoms with E-state index in [0.717, 1.165) is 54.6 Å². The lowest BCUT2D eigenvalue weighted by atomic mass is 10.1. The zero-order valence-electron chi connectivity index (χ0n) is 16.0. The van der Waals surface area contributed by atoms with E-state index in [2.05, 4.69) is 39.7 Å². The number of anilines is 1. The Labute approximate surface area is 164 Å². The van der Waals surface area contributed by atoms with Crippen LogP contribution in [-0.4, -0.2) is 37.0 Å². The van der Waals surface area contributed by atoms with Crippen molar-refractivity contribution < 1.29 is 4.79 Å². The molecule has 1 amide bonds. The minimum absolute atomic E-state index is 0.229. The molecular formula is C20H27N5OS. The Morgan fingerprint density at radius 2 is 2.07 bits per heavy atom. The highest BCUT2D eigenvalue weighted by Gasteiger charge is 2.19. The fourth-order valence-electron chi connectivity index (χ4n) is 3.08. The SMILES string of the molecule is CN=C(NCCc1ncc(C)s1)NCc1ccc(N2CCCCC2=O)cc1. The van der Waals surface area contributed by atoms with E-state index < -0.39 is 0 Å². The van der Waals surface area contributed by atoms with Crippen LogP contribution >= 0.6 is 11.3 Å². The first-order valence-electron chi connectivity index (χ1n) is 9.41. The number of thiazole rings is 1. The first kappa shape index (κ1) is 19.4. The van der Waals surface area contributed by atoms with Gasteiger partial charge in [0.2, 0.25) is 5.91 Å². The van der Waals surface area contributed by atoms with Gasteiger partial charge in [-0.3, -0.25) is 9.79 Å². The highest BCUT2D eigenvalue weighted by Crippen LogP contribution is 2.21. The van der Waals surface area contributed by atoms with E-state index in [4.69, 9.17) is 0 Å². The molecule has 2 aromatic rings. The van der Waals surface area contributed by atoms with E-state index in [1.165, 1.54) is 4.88 Å². The highest BCUT2D eigenvalue weighted by molar-refractivity contribution is 7.11. The number of aromatic nitrogens is 1. The second kappa shape index (κ2) is 9.50. The molecule has 0 atom stereocenters. The van der Waals surface area contributed by atoms with Crippen molar-refractivity contribution in [2.75, 3.05) is 25.0 Å². The molecule has 2 heterocycles. The van der Waals surface area contributed by atoms with Crippen LogP contribution in [0, 0.1) is 6.92 Å². The van der Waals surface area contributed by atoms with Crippen LogP contribution in [0.5, 0.6) is 0 Å². The van der Waals surface area contributed by atoms with Crippen molar-refractivity contribution in [3.05, 3.63) is 45.9 Å². The van der Waals surface area contributed by atoms with Crippen molar-refractivity contribution in [3.63, 3.8) is 0 Å². The van der Waals surface area contributed by atoms with Gasteiger partial charge in [-0.2, -0.15) is 0 Å². The van der Waals surface area contributed by atoms with Crippen LogP contribution in [-0.2, 0) is 17.8 Å². The first-order chi connectivity index (χ1) is 13.2. The van der Waals surface area contributed by atoms with Gasteiger partial charge in [-0.05, 0) is 37.5 Å². The van der Waals surface area contributed by atoms with E-state index in [-0.39, 0.29) is 5.91 Å². The van der Waals surface area contributed by atoms with Gasteiger partial charge in [-0.1, -0.05) is 12.1 Å². The molecule has 144 valence electrons. The van der Waals surface area contributed by atoms with Crippen LogP contribution in [0.15, 0.2) is 35.5 Å². The average molecular weight is 386 g/mol. The van der Waals surface area contributed by atoms with Gasteiger partial charge in [-0.15, -0.1) is 11.3 Å². The third kappa shape index (κ3) is 5.53. The summed E-state index contributed by atoms with van der Waals surface area (Å²) in [5.74, 6) is 1.01. The van der Waals surface area contributed by atoms with Crippen molar-refractivity contribution in [1.82, 2.24) is 15.6 Å². The molecule has 0 unspecified atom stereocenters. The smallest absolute Gasteiger partial charge is 0.226 e. The van der Waals surface area contributed by atoms with Crippen molar-refractivity contribution in [1.29, 1.82) is 0 Å². The average Bonchev–Trinajstić information content (AvgIpc) is 3.10. The number of carbonyl (C=O) groups is 1. The highest BCUT2D eigenvalue weighted by atomic mass is 32.1.